The van der Waals surface area contributed by atoms with E-state index in [9.17, 15) is 16.8 Å². The van der Waals surface area contributed by atoms with Gasteiger partial charge in [-0.1, -0.05) is 0 Å². The van der Waals surface area contributed by atoms with Gasteiger partial charge in [-0.15, -0.1) is 0 Å². The SMILES string of the molecule is CCOCCS(=O)(=O)Nc1ccc(S(N)(=O)=O)cc1C. The molecule has 0 aliphatic heterocycles. The van der Waals surface area contributed by atoms with E-state index in [4.69, 9.17) is 9.88 Å². The first-order valence-electron chi connectivity index (χ1n) is 5.87. The average molecular weight is 322 g/mol. The van der Waals surface area contributed by atoms with Gasteiger partial charge < -0.3 is 4.74 Å². The van der Waals surface area contributed by atoms with Gasteiger partial charge in [0.05, 0.1) is 22.9 Å². The number of ether oxygens (including phenoxy) is 1. The third kappa shape index (κ3) is 5.08. The van der Waals surface area contributed by atoms with E-state index in [-0.39, 0.29) is 17.3 Å². The minimum Gasteiger partial charge on any atom is -0.381 e. The van der Waals surface area contributed by atoms with Gasteiger partial charge in [0, 0.05) is 6.61 Å². The fourth-order valence-corrected chi connectivity index (χ4v) is 3.06. The highest BCUT2D eigenvalue weighted by Crippen LogP contribution is 2.20. The van der Waals surface area contributed by atoms with Gasteiger partial charge in [-0.3, -0.25) is 4.72 Å². The summed E-state index contributed by atoms with van der Waals surface area (Å²) < 4.78 is 53.3. The number of nitrogens with one attached hydrogen (secondary N) is 1. The molecule has 1 aromatic rings. The first-order chi connectivity index (χ1) is 9.15. The summed E-state index contributed by atoms with van der Waals surface area (Å²) in [6, 6.07) is 3.94. The molecule has 0 saturated heterocycles. The van der Waals surface area contributed by atoms with Crippen LogP contribution < -0.4 is 9.86 Å². The van der Waals surface area contributed by atoms with Crippen molar-refractivity contribution in [3.8, 4) is 0 Å². The van der Waals surface area contributed by atoms with Crippen LogP contribution in [0.25, 0.3) is 0 Å². The van der Waals surface area contributed by atoms with Crippen LogP contribution >= 0.6 is 0 Å². The van der Waals surface area contributed by atoms with Crippen molar-refractivity contribution in [2.75, 3.05) is 23.7 Å². The second-order valence-corrected chi connectivity index (χ2v) is 7.54. The van der Waals surface area contributed by atoms with Crippen LogP contribution in [0, 0.1) is 6.92 Å². The minimum absolute atomic E-state index is 0.0627. The summed E-state index contributed by atoms with van der Waals surface area (Å²) in [6.07, 6.45) is 0. The number of anilines is 1. The molecule has 0 aromatic heterocycles. The van der Waals surface area contributed by atoms with Gasteiger partial charge in [0.25, 0.3) is 0 Å². The van der Waals surface area contributed by atoms with Crippen molar-refractivity contribution in [2.45, 2.75) is 18.7 Å². The summed E-state index contributed by atoms with van der Waals surface area (Å²) >= 11 is 0. The molecule has 0 aliphatic rings. The van der Waals surface area contributed by atoms with Crippen LogP contribution in [0.4, 0.5) is 5.69 Å². The zero-order valence-electron chi connectivity index (χ0n) is 11.3. The highest BCUT2D eigenvalue weighted by molar-refractivity contribution is 7.92. The molecule has 7 nitrogen and oxygen atoms in total. The van der Waals surface area contributed by atoms with E-state index in [1.54, 1.807) is 13.8 Å². The molecule has 0 amide bonds. The van der Waals surface area contributed by atoms with E-state index < -0.39 is 20.0 Å². The number of benzene rings is 1. The lowest BCUT2D eigenvalue weighted by molar-refractivity contribution is 0.163. The highest BCUT2D eigenvalue weighted by Gasteiger charge is 2.14. The average Bonchev–Trinajstić information content (AvgIpc) is 2.30. The third-order valence-corrected chi connectivity index (χ3v) is 4.64. The Hall–Kier alpha value is -1.16. The predicted octanol–water partition coefficient (Wildman–Crippen LogP) is 0.421. The van der Waals surface area contributed by atoms with Crippen LogP contribution in [0.2, 0.25) is 0 Å². The van der Waals surface area contributed by atoms with E-state index in [2.05, 4.69) is 4.72 Å². The van der Waals surface area contributed by atoms with Gasteiger partial charge in [-0.2, -0.15) is 0 Å². The number of hydrogen-bond donors (Lipinski definition) is 2. The molecule has 0 unspecified atom stereocenters. The number of hydrogen-bond acceptors (Lipinski definition) is 5. The highest BCUT2D eigenvalue weighted by atomic mass is 32.2. The Bertz CT molecular complexity index is 668. The zero-order valence-corrected chi connectivity index (χ0v) is 12.9. The summed E-state index contributed by atoms with van der Waals surface area (Å²) in [5, 5.41) is 5.00. The minimum atomic E-state index is -3.80. The number of nitrogens with two attached hydrogens (primary N) is 1. The summed E-state index contributed by atoms with van der Waals surface area (Å²) in [5.74, 6) is -0.169. The molecule has 9 heteroatoms. The maximum absolute atomic E-state index is 11.8. The molecule has 0 heterocycles. The van der Waals surface area contributed by atoms with Crippen LogP contribution in [0.15, 0.2) is 23.1 Å². The molecule has 3 N–H and O–H groups in total. The Morgan fingerprint density at radius 1 is 1.25 bits per heavy atom. The summed E-state index contributed by atoms with van der Waals surface area (Å²) in [4.78, 5) is -0.0627. The molecule has 0 bridgehead atoms. The van der Waals surface area contributed by atoms with Crippen molar-refractivity contribution in [1.29, 1.82) is 0 Å². The summed E-state index contributed by atoms with van der Waals surface area (Å²) in [7, 11) is -7.33. The molecule has 20 heavy (non-hydrogen) atoms. The van der Waals surface area contributed by atoms with Crippen LogP contribution in [-0.2, 0) is 24.8 Å². The van der Waals surface area contributed by atoms with Crippen molar-refractivity contribution in [3.05, 3.63) is 23.8 Å². The van der Waals surface area contributed by atoms with Crippen LogP contribution in [-0.4, -0.2) is 35.8 Å². The standard InChI is InChI=1S/C11H18N2O5S2/c1-3-18-6-7-19(14,15)13-11-5-4-10(8-9(11)2)20(12,16)17/h4-5,8,13H,3,6-7H2,1-2H3,(H2,12,16,17). The Morgan fingerprint density at radius 2 is 1.90 bits per heavy atom. The first kappa shape index (κ1) is 16.9. The number of sulfonamides is 2. The monoisotopic (exact) mass is 322 g/mol. The van der Waals surface area contributed by atoms with Crippen LogP contribution in [0.5, 0.6) is 0 Å². The molecular formula is C11H18N2O5S2. The molecule has 114 valence electrons. The van der Waals surface area contributed by atoms with Crippen molar-refractivity contribution in [2.24, 2.45) is 5.14 Å². The Morgan fingerprint density at radius 3 is 2.40 bits per heavy atom. The zero-order chi connectivity index (χ0) is 15.4. The predicted molar refractivity (Wildman–Crippen MR) is 76.5 cm³/mol. The molecule has 0 radical (unpaired) electrons. The second kappa shape index (κ2) is 6.53. The lowest BCUT2D eigenvalue weighted by atomic mass is 10.2. The lowest BCUT2D eigenvalue weighted by Crippen LogP contribution is -2.21. The Kier molecular flexibility index (Phi) is 5.51. The smallest absolute Gasteiger partial charge is 0.238 e. The second-order valence-electron chi connectivity index (χ2n) is 4.14. The van der Waals surface area contributed by atoms with Gasteiger partial charge in [-0.25, -0.2) is 22.0 Å². The number of rotatable bonds is 7. The normalized spacial score (nSPS) is 12.3. The van der Waals surface area contributed by atoms with Crippen molar-refractivity contribution in [1.82, 2.24) is 0 Å². The van der Waals surface area contributed by atoms with Crippen molar-refractivity contribution >= 4 is 25.7 Å². The largest absolute Gasteiger partial charge is 0.381 e. The molecule has 0 aliphatic carbocycles. The molecule has 1 rings (SSSR count). The summed E-state index contributed by atoms with van der Waals surface area (Å²) in [6.45, 7) is 3.91. The quantitative estimate of drug-likeness (QED) is 0.706. The maximum Gasteiger partial charge on any atom is 0.238 e. The fourth-order valence-electron chi connectivity index (χ4n) is 1.46. The number of aryl methyl sites for hydroxylation is 1. The first-order valence-corrected chi connectivity index (χ1v) is 9.07. The molecule has 0 saturated carbocycles. The summed E-state index contributed by atoms with van der Waals surface area (Å²) in [5.41, 5.74) is 0.783. The van der Waals surface area contributed by atoms with E-state index in [0.29, 0.717) is 17.9 Å². The van der Waals surface area contributed by atoms with E-state index in [1.165, 1.54) is 18.2 Å². The fraction of sp³-hybridized carbons (Fsp3) is 0.455. The topological polar surface area (TPSA) is 116 Å². The lowest BCUT2D eigenvalue weighted by Gasteiger charge is -2.11. The van der Waals surface area contributed by atoms with E-state index in [1.807, 2.05) is 0 Å². The van der Waals surface area contributed by atoms with E-state index in [0.717, 1.165) is 0 Å². The van der Waals surface area contributed by atoms with Gasteiger partial charge >= 0.3 is 0 Å². The molecule has 0 fully saturated rings. The third-order valence-electron chi connectivity index (χ3n) is 2.49. The van der Waals surface area contributed by atoms with Gasteiger partial charge in [0.15, 0.2) is 0 Å². The van der Waals surface area contributed by atoms with Gasteiger partial charge in [0.2, 0.25) is 20.0 Å². The van der Waals surface area contributed by atoms with Gasteiger partial charge in [-0.05, 0) is 37.6 Å². The van der Waals surface area contributed by atoms with Crippen molar-refractivity contribution < 1.29 is 21.6 Å². The molecule has 1 aromatic carbocycles. The van der Waals surface area contributed by atoms with Crippen LogP contribution in [0.3, 0.4) is 0 Å². The Balaban J connectivity index is 2.89. The molecule has 0 atom stereocenters. The molecular weight excluding hydrogens is 304 g/mol. The van der Waals surface area contributed by atoms with Gasteiger partial charge in [0.1, 0.15) is 0 Å². The van der Waals surface area contributed by atoms with Crippen LogP contribution in [0.1, 0.15) is 12.5 Å². The van der Waals surface area contributed by atoms with Crippen molar-refractivity contribution in [3.63, 3.8) is 0 Å². The molecule has 0 spiro atoms. The maximum atomic E-state index is 11.8. The Labute approximate surface area is 119 Å². The van der Waals surface area contributed by atoms with E-state index >= 15 is 0 Å². The number of primary sulfonamides is 1.